The Hall–Kier alpha value is -2.62. The second kappa shape index (κ2) is 8.00. The zero-order valence-corrected chi connectivity index (χ0v) is 19.6. The smallest absolute Gasteiger partial charge is 0.356 e. The number of benzene rings is 1. The van der Waals surface area contributed by atoms with Gasteiger partial charge in [0.05, 0.1) is 26.5 Å². The molecular weight excluding hydrogens is 453 g/mol. The molecule has 4 rings (SSSR count). The van der Waals surface area contributed by atoms with E-state index in [-0.39, 0.29) is 33.2 Å². The zero-order chi connectivity index (χ0) is 24.2. The number of nitrogens with one attached hydrogen (secondary N) is 2. The molecule has 2 aromatic rings. The van der Waals surface area contributed by atoms with Crippen molar-refractivity contribution in [3.63, 3.8) is 0 Å². The van der Waals surface area contributed by atoms with Crippen LogP contribution in [0.3, 0.4) is 0 Å². The summed E-state index contributed by atoms with van der Waals surface area (Å²) in [5.74, 6) is -0.445. The molecule has 1 saturated heterocycles. The molecule has 6 nitrogen and oxygen atoms in total. The quantitative estimate of drug-likeness (QED) is 0.615. The monoisotopic (exact) mass is 480 g/mol. The van der Waals surface area contributed by atoms with E-state index in [4.69, 9.17) is 4.78 Å². The summed E-state index contributed by atoms with van der Waals surface area (Å²) in [7, 11) is -3.02. The number of amides is 1. The van der Waals surface area contributed by atoms with Crippen LogP contribution >= 0.6 is 0 Å². The molecule has 33 heavy (non-hydrogen) atoms. The van der Waals surface area contributed by atoms with Crippen molar-refractivity contribution in [3.05, 3.63) is 46.6 Å². The largest absolute Gasteiger partial charge is 0.418 e. The summed E-state index contributed by atoms with van der Waals surface area (Å²) >= 11 is 0. The number of carbonyl (C=O) groups is 1. The first kappa shape index (κ1) is 23.5. The summed E-state index contributed by atoms with van der Waals surface area (Å²) in [6.45, 7) is 3.91. The summed E-state index contributed by atoms with van der Waals surface area (Å²) in [6.07, 6.45) is 0.849. The third-order valence-corrected chi connectivity index (χ3v) is 7.90. The van der Waals surface area contributed by atoms with Crippen molar-refractivity contribution in [3.8, 4) is 0 Å². The third kappa shape index (κ3) is 4.71. The van der Waals surface area contributed by atoms with Crippen LogP contribution in [0.5, 0.6) is 0 Å². The highest BCUT2D eigenvalue weighted by molar-refractivity contribution is 7.91. The topological polar surface area (TPSA) is 86.2 Å². The van der Waals surface area contributed by atoms with Gasteiger partial charge in [0, 0.05) is 29.9 Å². The minimum Gasteiger partial charge on any atom is -0.356 e. The van der Waals surface area contributed by atoms with Gasteiger partial charge in [-0.25, -0.2) is 14.0 Å². The van der Waals surface area contributed by atoms with E-state index in [1.807, 2.05) is 4.90 Å². The summed E-state index contributed by atoms with van der Waals surface area (Å²) in [6, 6.07) is 6.01. The summed E-state index contributed by atoms with van der Waals surface area (Å²) in [4.78, 5) is 19.7. The molecule has 1 aromatic heterocycles. The predicted molar refractivity (Wildman–Crippen MR) is 121 cm³/mol. The number of alkyl halides is 3. The summed E-state index contributed by atoms with van der Waals surface area (Å²) in [5, 5.41) is 2.64. The van der Waals surface area contributed by atoms with Crippen molar-refractivity contribution in [2.45, 2.75) is 50.6 Å². The lowest BCUT2D eigenvalue weighted by Crippen LogP contribution is -2.37. The van der Waals surface area contributed by atoms with Crippen LogP contribution in [0.1, 0.15) is 52.9 Å². The average molecular weight is 481 g/mol. The standard InChI is InChI=1S/C23H27F3N4O2S/c1-14-18(21(31)29-16-5-4-6-17(13-16)33(3,27)32)20(28-15(2)19(14)23(24,25)26)30-11-9-22(7-8-22)10-12-30/h4-6,13,27H,7-12H2,1-3H3,(H,29,31)/t33-/m1/s1. The Bertz CT molecular complexity index is 1210. The van der Waals surface area contributed by atoms with Crippen LogP contribution in [0.2, 0.25) is 0 Å². The van der Waals surface area contributed by atoms with Gasteiger partial charge in [-0.15, -0.1) is 0 Å². The number of aryl methyl sites for hydroxylation is 1. The normalized spacial score (nSPS) is 19.3. The number of nitrogens with zero attached hydrogens (tertiary/aromatic N) is 2. The summed E-state index contributed by atoms with van der Waals surface area (Å²) < 4.78 is 61.3. The first-order valence-corrected chi connectivity index (χ1v) is 12.8. The lowest BCUT2D eigenvalue weighted by Gasteiger charge is -2.35. The lowest BCUT2D eigenvalue weighted by atomic mass is 9.92. The Morgan fingerprint density at radius 3 is 2.36 bits per heavy atom. The highest BCUT2D eigenvalue weighted by atomic mass is 32.2. The van der Waals surface area contributed by atoms with E-state index < -0.39 is 27.4 Å². The van der Waals surface area contributed by atoms with Crippen LogP contribution in [0.4, 0.5) is 24.7 Å². The molecule has 1 amide bonds. The number of rotatable bonds is 4. The molecule has 0 unspecified atom stereocenters. The molecule has 178 valence electrons. The van der Waals surface area contributed by atoms with Crippen LogP contribution in [0.15, 0.2) is 29.2 Å². The molecule has 1 aliphatic heterocycles. The molecule has 0 radical (unpaired) electrons. The molecular formula is C23H27F3N4O2S. The SMILES string of the molecule is Cc1nc(N2CCC3(CC2)CC3)c(C(=O)Nc2cccc([S@](C)(=N)=O)c2)c(C)c1C(F)(F)F. The number of halogens is 3. The van der Waals surface area contributed by atoms with E-state index in [1.165, 1.54) is 45.1 Å². The fraction of sp³-hybridized carbons (Fsp3) is 0.478. The predicted octanol–water partition coefficient (Wildman–Crippen LogP) is 5.39. The van der Waals surface area contributed by atoms with Gasteiger partial charge < -0.3 is 10.2 Å². The van der Waals surface area contributed by atoms with E-state index in [0.29, 0.717) is 18.5 Å². The fourth-order valence-electron chi connectivity index (χ4n) is 4.63. The molecule has 10 heteroatoms. The fourth-order valence-corrected chi connectivity index (χ4v) is 5.32. The molecule has 2 heterocycles. The Kier molecular flexibility index (Phi) is 5.71. The number of aromatic nitrogens is 1. The Balaban J connectivity index is 1.75. The van der Waals surface area contributed by atoms with E-state index in [9.17, 15) is 22.2 Å². The Labute approximate surface area is 191 Å². The van der Waals surface area contributed by atoms with Crippen LogP contribution in [0, 0.1) is 24.0 Å². The van der Waals surface area contributed by atoms with Crippen LogP contribution < -0.4 is 10.2 Å². The van der Waals surface area contributed by atoms with Gasteiger partial charge in [-0.3, -0.25) is 4.79 Å². The molecule has 1 saturated carbocycles. The molecule has 1 aliphatic carbocycles. The van der Waals surface area contributed by atoms with Gasteiger partial charge in [-0.05, 0) is 68.7 Å². The Morgan fingerprint density at radius 1 is 1.18 bits per heavy atom. The zero-order valence-electron chi connectivity index (χ0n) is 18.8. The maximum absolute atomic E-state index is 13.8. The van der Waals surface area contributed by atoms with Gasteiger partial charge in [-0.2, -0.15) is 13.2 Å². The highest BCUT2D eigenvalue weighted by Crippen LogP contribution is 2.54. The van der Waals surface area contributed by atoms with Gasteiger partial charge in [0.25, 0.3) is 5.91 Å². The van der Waals surface area contributed by atoms with Crippen LogP contribution in [-0.2, 0) is 15.9 Å². The van der Waals surface area contributed by atoms with Crippen molar-refractivity contribution in [1.29, 1.82) is 4.78 Å². The average Bonchev–Trinajstić information content (AvgIpc) is 3.45. The minimum absolute atomic E-state index is 0.104. The lowest BCUT2D eigenvalue weighted by molar-refractivity contribution is -0.138. The second-order valence-electron chi connectivity index (χ2n) is 9.21. The van der Waals surface area contributed by atoms with Crippen molar-refractivity contribution >= 4 is 27.1 Å². The molecule has 2 fully saturated rings. The Morgan fingerprint density at radius 2 is 1.82 bits per heavy atom. The number of carbonyl (C=O) groups excluding carboxylic acids is 1. The number of pyridine rings is 1. The highest BCUT2D eigenvalue weighted by Gasteiger charge is 2.45. The maximum Gasteiger partial charge on any atom is 0.418 e. The van der Waals surface area contributed by atoms with E-state index in [1.54, 1.807) is 12.1 Å². The van der Waals surface area contributed by atoms with Crippen molar-refractivity contribution < 1.29 is 22.2 Å². The van der Waals surface area contributed by atoms with Crippen LogP contribution in [0.25, 0.3) is 0 Å². The van der Waals surface area contributed by atoms with Gasteiger partial charge >= 0.3 is 6.18 Å². The van der Waals surface area contributed by atoms with E-state index >= 15 is 0 Å². The molecule has 0 bridgehead atoms. The molecule has 1 atom stereocenters. The van der Waals surface area contributed by atoms with Crippen molar-refractivity contribution in [2.24, 2.45) is 5.41 Å². The van der Waals surface area contributed by atoms with Crippen LogP contribution in [-0.4, -0.2) is 34.4 Å². The summed E-state index contributed by atoms with van der Waals surface area (Å²) in [5.41, 5.74) is -0.699. The van der Waals surface area contributed by atoms with E-state index in [0.717, 1.165) is 12.8 Å². The van der Waals surface area contributed by atoms with E-state index in [2.05, 4.69) is 10.3 Å². The molecule has 2 N–H and O–H groups in total. The molecule has 1 aromatic carbocycles. The van der Waals surface area contributed by atoms with Gasteiger partial charge in [0.2, 0.25) is 0 Å². The van der Waals surface area contributed by atoms with Crippen molar-refractivity contribution in [2.75, 3.05) is 29.6 Å². The third-order valence-electron chi connectivity index (χ3n) is 6.74. The number of anilines is 2. The number of hydrogen-bond donors (Lipinski definition) is 2. The van der Waals surface area contributed by atoms with Gasteiger partial charge in [-0.1, -0.05) is 6.07 Å². The first-order chi connectivity index (χ1) is 15.3. The van der Waals surface area contributed by atoms with Crippen molar-refractivity contribution in [1.82, 2.24) is 4.98 Å². The minimum atomic E-state index is -4.65. The molecule has 1 spiro atoms. The number of piperidine rings is 1. The van der Waals surface area contributed by atoms with Gasteiger partial charge in [0.1, 0.15) is 5.82 Å². The maximum atomic E-state index is 13.8. The molecule has 2 aliphatic rings. The number of hydrogen-bond acceptors (Lipinski definition) is 5. The van der Waals surface area contributed by atoms with Gasteiger partial charge in [0.15, 0.2) is 0 Å². The second-order valence-corrected chi connectivity index (χ2v) is 11.4. The first-order valence-electron chi connectivity index (χ1n) is 10.8.